The van der Waals surface area contributed by atoms with E-state index in [0.29, 0.717) is 17.9 Å². The van der Waals surface area contributed by atoms with Crippen LogP contribution >= 0.6 is 0 Å². The van der Waals surface area contributed by atoms with Gasteiger partial charge in [-0.25, -0.2) is 0 Å². The van der Waals surface area contributed by atoms with Crippen LogP contribution < -0.4 is 10.1 Å². The highest BCUT2D eigenvalue weighted by atomic mass is 16.5. The molecular formula is C19H23NO2. The number of amides is 1. The number of carbonyl (C=O) groups is 1. The summed E-state index contributed by atoms with van der Waals surface area (Å²) in [5.41, 5.74) is 3.05. The van der Waals surface area contributed by atoms with Crippen molar-refractivity contribution in [2.75, 3.05) is 6.54 Å². The van der Waals surface area contributed by atoms with Crippen LogP contribution in [-0.4, -0.2) is 18.6 Å². The van der Waals surface area contributed by atoms with Crippen LogP contribution in [0.4, 0.5) is 0 Å². The Morgan fingerprint density at radius 2 is 1.91 bits per heavy atom. The molecule has 0 fully saturated rings. The number of aryl methyl sites for hydroxylation is 1. The van der Waals surface area contributed by atoms with Crippen molar-refractivity contribution >= 4 is 5.91 Å². The second-order valence-electron chi connectivity index (χ2n) is 5.66. The molecule has 0 aromatic heterocycles. The van der Waals surface area contributed by atoms with Crippen LogP contribution in [0.25, 0.3) is 0 Å². The Bertz CT molecular complexity index is 635. The number of ether oxygens (including phenoxy) is 1. The Kier molecular flexibility index (Phi) is 5.59. The molecule has 1 N–H and O–H groups in total. The number of nitrogens with one attached hydrogen (secondary N) is 1. The molecule has 0 aliphatic carbocycles. The number of rotatable bonds is 6. The van der Waals surface area contributed by atoms with E-state index >= 15 is 0 Å². The van der Waals surface area contributed by atoms with Crippen LogP contribution in [0.15, 0.2) is 48.5 Å². The van der Waals surface area contributed by atoms with Crippen molar-refractivity contribution in [2.24, 2.45) is 0 Å². The molecule has 0 aliphatic rings. The quantitative estimate of drug-likeness (QED) is 0.881. The standard InChI is InChI=1S/C19H23NO2/c1-14(2)22-18-10-5-4-9-17(18)19(21)20-12-11-16-8-6-7-15(3)13-16/h4-10,13-14H,11-12H2,1-3H3,(H,20,21). The van der Waals surface area contributed by atoms with Crippen LogP contribution in [0.3, 0.4) is 0 Å². The third-order valence-electron chi connectivity index (χ3n) is 3.28. The Balaban J connectivity index is 1.95. The molecule has 3 nitrogen and oxygen atoms in total. The van der Waals surface area contributed by atoms with E-state index in [1.807, 2.05) is 38.1 Å². The highest BCUT2D eigenvalue weighted by molar-refractivity contribution is 5.96. The first-order valence-electron chi connectivity index (χ1n) is 7.65. The van der Waals surface area contributed by atoms with E-state index in [1.54, 1.807) is 6.07 Å². The lowest BCUT2D eigenvalue weighted by Crippen LogP contribution is -2.26. The van der Waals surface area contributed by atoms with Crippen molar-refractivity contribution in [1.29, 1.82) is 0 Å². The molecular weight excluding hydrogens is 274 g/mol. The lowest BCUT2D eigenvalue weighted by molar-refractivity contribution is 0.0948. The molecule has 3 heteroatoms. The van der Waals surface area contributed by atoms with E-state index in [0.717, 1.165) is 6.42 Å². The van der Waals surface area contributed by atoms with Gasteiger partial charge in [0.2, 0.25) is 0 Å². The zero-order chi connectivity index (χ0) is 15.9. The molecule has 0 saturated carbocycles. The van der Waals surface area contributed by atoms with Crippen LogP contribution in [0.5, 0.6) is 5.75 Å². The minimum Gasteiger partial charge on any atom is -0.490 e. The lowest BCUT2D eigenvalue weighted by Gasteiger charge is -2.14. The second-order valence-corrected chi connectivity index (χ2v) is 5.66. The summed E-state index contributed by atoms with van der Waals surface area (Å²) in [5, 5.41) is 2.96. The molecule has 2 rings (SSSR count). The third kappa shape index (κ3) is 4.62. The van der Waals surface area contributed by atoms with Crippen LogP contribution in [-0.2, 0) is 6.42 Å². The number of benzene rings is 2. The van der Waals surface area contributed by atoms with Crippen molar-refractivity contribution in [1.82, 2.24) is 5.32 Å². The summed E-state index contributed by atoms with van der Waals surface area (Å²) in [6.07, 6.45) is 0.863. The first-order chi connectivity index (χ1) is 10.6. The zero-order valence-corrected chi connectivity index (χ0v) is 13.4. The van der Waals surface area contributed by atoms with Crippen molar-refractivity contribution in [3.05, 3.63) is 65.2 Å². The highest BCUT2D eigenvalue weighted by Crippen LogP contribution is 2.19. The van der Waals surface area contributed by atoms with Gasteiger partial charge in [0.05, 0.1) is 11.7 Å². The second kappa shape index (κ2) is 7.64. The molecule has 2 aromatic rings. The molecule has 0 unspecified atom stereocenters. The monoisotopic (exact) mass is 297 g/mol. The normalized spacial score (nSPS) is 10.5. The summed E-state index contributed by atoms with van der Waals surface area (Å²) in [6, 6.07) is 15.7. The fourth-order valence-electron chi connectivity index (χ4n) is 2.29. The lowest BCUT2D eigenvalue weighted by atomic mass is 10.1. The molecule has 0 aliphatic heterocycles. The van der Waals surface area contributed by atoms with E-state index < -0.39 is 0 Å². The van der Waals surface area contributed by atoms with Crippen molar-refractivity contribution < 1.29 is 9.53 Å². The first kappa shape index (κ1) is 16.1. The predicted molar refractivity (Wildman–Crippen MR) is 89.4 cm³/mol. The molecule has 1 amide bonds. The third-order valence-corrected chi connectivity index (χ3v) is 3.28. The molecule has 0 saturated heterocycles. The van der Waals surface area contributed by atoms with Gasteiger partial charge in [0.1, 0.15) is 5.75 Å². The number of para-hydroxylation sites is 1. The average molecular weight is 297 g/mol. The van der Waals surface area contributed by atoms with Gasteiger partial charge in [0, 0.05) is 6.54 Å². The van der Waals surface area contributed by atoms with Crippen molar-refractivity contribution in [2.45, 2.75) is 33.3 Å². The van der Waals surface area contributed by atoms with Gasteiger partial charge in [-0.2, -0.15) is 0 Å². The van der Waals surface area contributed by atoms with Crippen LogP contribution in [0, 0.1) is 6.92 Å². The Morgan fingerprint density at radius 1 is 1.14 bits per heavy atom. The largest absolute Gasteiger partial charge is 0.490 e. The summed E-state index contributed by atoms with van der Waals surface area (Å²) in [5.74, 6) is 0.537. The maximum atomic E-state index is 12.3. The van der Waals surface area contributed by atoms with Gasteiger partial charge in [0.25, 0.3) is 5.91 Å². The van der Waals surface area contributed by atoms with Gasteiger partial charge in [0.15, 0.2) is 0 Å². The maximum absolute atomic E-state index is 12.3. The smallest absolute Gasteiger partial charge is 0.255 e. The molecule has 0 bridgehead atoms. The number of hydrogen-bond acceptors (Lipinski definition) is 2. The van der Waals surface area contributed by atoms with E-state index in [9.17, 15) is 4.79 Å². The van der Waals surface area contributed by atoms with Gasteiger partial charge in [-0.15, -0.1) is 0 Å². The highest BCUT2D eigenvalue weighted by Gasteiger charge is 2.12. The topological polar surface area (TPSA) is 38.3 Å². The van der Waals surface area contributed by atoms with Crippen molar-refractivity contribution in [3.8, 4) is 5.75 Å². The molecule has 0 atom stereocenters. The fraction of sp³-hybridized carbons (Fsp3) is 0.316. The summed E-state index contributed by atoms with van der Waals surface area (Å²) in [4.78, 5) is 12.3. The van der Waals surface area contributed by atoms with E-state index in [1.165, 1.54) is 11.1 Å². The Hall–Kier alpha value is -2.29. The van der Waals surface area contributed by atoms with Gasteiger partial charge in [-0.05, 0) is 44.9 Å². The number of hydrogen-bond donors (Lipinski definition) is 1. The van der Waals surface area contributed by atoms with E-state index in [4.69, 9.17) is 4.74 Å². The molecule has 116 valence electrons. The minimum atomic E-state index is -0.0936. The van der Waals surface area contributed by atoms with E-state index in [-0.39, 0.29) is 12.0 Å². The summed E-state index contributed by atoms with van der Waals surface area (Å²) in [6.45, 7) is 6.58. The fourth-order valence-corrected chi connectivity index (χ4v) is 2.29. The first-order valence-corrected chi connectivity index (χ1v) is 7.65. The zero-order valence-electron chi connectivity index (χ0n) is 13.4. The van der Waals surface area contributed by atoms with Crippen LogP contribution in [0.2, 0.25) is 0 Å². The maximum Gasteiger partial charge on any atom is 0.255 e. The van der Waals surface area contributed by atoms with Crippen LogP contribution in [0.1, 0.15) is 35.3 Å². The number of carbonyl (C=O) groups excluding carboxylic acids is 1. The van der Waals surface area contributed by atoms with Gasteiger partial charge in [-0.3, -0.25) is 4.79 Å². The van der Waals surface area contributed by atoms with Gasteiger partial charge in [-0.1, -0.05) is 42.0 Å². The summed E-state index contributed by atoms with van der Waals surface area (Å²) in [7, 11) is 0. The minimum absolute atomic E-state index is 0.0428. The van der Waals surface area contributed by atoms with Gasteiger partial charge >= 0.3 is 0 Å². The average Bonchev–Trinajstić information content (AvgIpc) is 2.47. The SMILES string of the molecule is Cc1cccc(CCNC(=O)c2ccccc2OC(C)C)c1. The summed E-state index contributed by atoms with van der Waals surface area (Å²) < 4.78 is 5.69. The van der Waals surface area contributed by atoms with Crippen molar-refractivity contribution in [3.63, 3.8) is 0 Å². The van der Waals surface area contributed by atoms with Gasteiger partial charge < -0.3 is 10.1 Å². The molecule has 22 heavy (non-hydrogen) atoms. The molecule has 0 heterocycles. The Morgan fingerprint density at radius 3 is 2.64 bits per heavy atom. The molecule has 0 radical (unpaired) electrons. The predicted octanol–water partition coefficient (Wildman–Crippen LogP) is 3.75. The Labute approximate surface area is 132 Å². The molecule has 0 spiro atoms. The summed E-state index contributed by atoms with van der Waals surface area (Å²) >= 11 is 0. The van der Waals surface area contributed by atoms with E-state index in [2.05, 4.69) is 30.4 Å². The molecule has 2 aromatic carbocycles.